The highest BCUT2D eigenvalue weighted by molar-refractivity contribution is 7.08. The Bertz CT molecular complexity index is 755. The van der Waals surface area contributed by atoms with Gasteiger partial charge in [-0.15, -0.1) is 5.10 Å². The van der Waals surface area contributed by atoms with Crippen LogP contribution in [0.15, 0.2) is 43.0 Å². The molecule has 1 aromatic carbocycles. The Morgan fingerprint density at radius 2 is 2.17 bits per heavy atom. The van der Waals surface area contributed by atoms with E-state index >= 15 is 0 Å². The number of aryl methyl sites for hydroxylation is 1. The van der Waals surface area contributed by atoms with E-state index in [0.717, 1.165) is 22.8 Å². The summed E-state index contributed by atoms with van der Waals surface area (Å²) in [5.41, 5.74) is 1.73. The standard InChI is InChI=1S/C15H16N6OS/c1-2-12-14(23-20-19-12)15(22)18-13(8-21-10-16-9-17-21)11-6-4-3-5-7-11/h3-7,9-10,13H,2,8H2,1H3,(H,18,22)/t13-/m0/s1. The van der Waals surface area contributed by atoms with E-state index in [0.29, 0.717) is 17.8 Å². The molecular weight excluding hydrogens is 312 g/mol. The van der Waals surface area contributed by atoms with Gasteiger partial charge in [-0.3, -0.25) is 9.48 Å². The van der Waals surface area contributed by atoms with Gasteiger partial charge in [-0.1, -0.05) is 41.7 Å². The van der Waals surface area contributed by atoms with E-state index in [9.17, 15) is 4.79 Å². The monoisotopic (exact) mass is 328 g/mol. The first-order chi connectivity index (χ1) is 11.3. The minimum absolute atomic E-state index is 0.161. The van der Waals surface area contributed by atoms with Crippen molar-refractivity contribution in [2.75, 3.05) is 0 Å². The van der Waals surface area contributed by atoms with Gasteiger partial charge in [0.05, 0.1) is 18.3 Å². The Hall–Kier alpha value is -2.61. The molecule has 0 saturated heterocycles. The molecule has 3 aromatic rings. The first kappa shape index (κ1) is 15.3. The van der Waals surface area contributed by atoms with Crippen molar-refractivity contribution in [3.8, 4) is 0 Å². The average molecular weight is 328 g/mol. The van der Waals surface area contributed by atoms with Crippen LogP contribution in [0.5, 0.6) is 0 Å². The van der Waals surface area contributed by atoms with Crippen molar-refractivity contribution in [2.45, 2.75) is 25.9 Å². The minimum atomic E-state index is -0.211. The average Bonchev–Trinajstić information content (AvgIpc) is 3.26. The third-order valence-electron chi connectivity index (χ3n) is 3.44. The second-order valence-corrected chi connectivity index (χ2v) is 5.71. The van der Waals surface area contributed by atoms with Crippen molar-refractivity contribution < 1.29 is 4.79 Å². The third-order valence-corrected chi connectivity index (χ3v) is 4.21. The summed E-state index contributed by atoms with van der Waals surface area (Å²) < 4.78 is 5.57. The van der Waals surface area contributed by atoms with Crippen molar-refractivity contribution in [2.24, 2.45) is 0 Å². The summed E-state index contributed by atoms with van der Waals surface area (Å²) in [6.07, 6.45) is 3.79. The Labute approximate surface area is 137 Å². The fourth-order valence-electron chi connectivity index (χ4n) is 2.27. The fourth-order valence-corrected chi connectivity index (χ4v) is 2.92. The molecule has 1 amide bonds. The molecule has 118 valence electrons. The van der Waals surface area contributed by atoms with Crippen molar-refractivity contribution in [1.82, 2.24) is 29.7 Å². The van der Waals surface area contributed by atoms with Crippen LogP contribution in [0.4, 0.5) is 0 Å². The number of carbonyl (C=O) groups is 1. The largest absolute Gasteiger partial charge is 0.343 e. The van der Waals surface area contributed by atoms with Gasteiger partial charge in [-0.25, -0.2) is 4.98 Å². The molecule has 0 aliphatic rings. The molecule has 0 radical (unpaired) electrons. The van der Waals surface area contributed by atoms with Crippen LogP contribution in [0.3, 0.4) is 0 Å². The first-order valence-electron chi connectivity index (χ1n) is 7.27. The number of amides is 1. The second-order valence-electron chi connectivity index (χ2n) is 4.96. The van der Waals surface area contributed by atoms with Crippen molar-refractivity contribution >= 4 is 17.4 Å². The van der Waals surface area contributed by atoms with E-state index in [1.807, 2.05) is 37.3 Å². The van der Waals surface area contributed by atoms with E-state index in [2.05, 4.69) is 25.0 Å². The molecule has 1 atom stereocenters. The maximum atomic E-state index is 12.6. The highest BCUT2D eigenvalue weighted by Gasteiger charge is 2.20. The fraction of sp³-hybridized carbons (Fsp3) is 0.267. The summed E-state index contributed by atoms with van der Waals surface area (Å²) >= 11 is 1.12. The third kappa shape index (κ3) is 3.59. The molecule has 0 aliphatic carbocycles. The number of carbonyl (C=O) groups excluding carboxylic acids is 1. The molecular formula is C15H16N6OS. The molecule has 2 aromatic heterocycles. The maximum absolute atomic E-state index is 12.6. The predicted molar refractivity (Wildman–Crippen MR) is 86.0 cm³/mol. The van der Waals surface area contributed by atoms with Crippen LogP contribution in [0.1, 0.15) is 33.9 Å². The first-order valence-corrected chi connectivity index (χ1v) is 8.04. The van der Waals surface area contributed by atoms with Crippen molar-refractivity contribution in [3.63, 3.8) is 0 Å². The number of nitrogens with zero attached hydrogens (tertiary/aromatic N) is 5. The van der Waals surface area contributed by atoms with Gasteiger partial charge >= 0.3 is 0 Å². The van der Waals surface area contributed by atoms with Gasteiger partial charge in [0.15, 0.2) is 0 Å². The lowest BCUT2D eigenvalue weighted by molar-refractivity contribution is 0.0935. The summed E-state index contributed by atoms with van der Waals surface area (Å²) in [7, 11) is 0. The highest BCUT2D eigenvalue weighted by atomic mass is 32.1. The van der Waals surface area contributed by atoms with Crippen LogP contribution in [-0.4, -0.2) is 30.3 Å². The molecule has 1 N–H and O–H groups in total. The van der Waals surface area contributed by atoms with E-state index in [4.69, 9.17) is 0 Å². The zero-order chi connectivity index (χ0) is 16.1. The summed E-state index contributed by atoms with van der Waals surface area (Å²) in [6, 6.07) is 9.59. The molecule has 0 aliphatic heterocycles. The van der Waals surface area contributed by atoms with Crippen molar-refractivity contribution in [1.29, 1.82) is 0 Å². The number of hydrogen-bond donors (Lipinski definition) is 1. The lowest BCUT2D eigenvalue weighted by Gasteiger charge is -2.18. The maximum Gasteiger partial charge on any atom is 0.265 e. The van der Waals surface area contributed by atoms with Gasteiger partial charge in [0.2, 0.25) is 0 Å². The summed E-state index contributed by atoms with van der Waals surface area (Å²) in [5, 5.41) is 11.2. The van der Waals surface area contributed by atoms with E-state index in [1.54, 1.807) is 11.0 Å². The van der Waals surface area contributed by atoms with E-state index in [-0.39, 0.29) is 11.9 Å². The zero-order valence-electron chi connectivity index (χ0n) is 12.6. The molecule has 0 unspecified atom stereocenters. The number of aromatic nitrogens is 5. The topological polar surface area (TPSA) is 85.6 Å². The molecule has 2 heterocycles. The summed E-state index contributed by atoms with van der Waals surface area (Å²) in [6.45, 7) is 2.46. The van der Waals surface area contributed by atoms with Crippen LogP contribution < -0.4 is 5.32 Å². The van der Waals surface area contributed by atoms with E-state index < -0.39 is 0 Å². The number of benzene rings is 1. The van der Waals surface area contributed by atoms with E-state index in [1.165, 1.54) is 6.33 Å². The molecule has 8 heteroatoms. The SMILES string of the molecule is CCc1nnsc1C(=O)N[C@@H](Cn1cncn1)c1ccccc1. The summed E-state index contributed by atoms with van der Waals surface area (Å²) in [4.78, 5) is 17.1. The number of rotatable bonds is 6. The zero-order valence-corrected chi connectivity index (χ0v) is 13.4. The highest BCUT2D eigenvalue weighted by Crippen LogP contribution is 2.17. The number of hydrogen-bond acceptors (Lipinski definition) is 6. The van der Waals surface area contributed by atoms with Crippen molar-refractivity contribution in [3.05, 3.63) is 59.1 Å². The molecule has 0 fully saturated rings. The molecule has 0 spiro atoms. The quantitative estimate of drug-likeness (QED) is 0.746. The van der Waals surface area contributed by atoms with Gasteiger partial charge in [0.1, 0.15) is 17.5 Å². The Balaban J connectivity index is 1.82. The molecule has 7 nitrogen and oxygen atoms in total. The molecule has 3 rings (SSSR count). The lowest BCUT2D eigenvalue weighted by atomic mass is 10.1. The van der Waals surface area contributed by atoms with Gasteiger partial charge in [0.25, 0.3) is 5.91 Å². The minimum Gasteiger partial charge on any atom is -0.343 e. The van der Waals surface area contributed by atoms with Gasteiger partial charge < -0.3 is 5.32 Å². The molecule has 23 heavy (non-hydrogen) atoms. The smallest absolute Gasteiger partial charge is 0.265 e. The normalized spacial score (nSPS) is 12.0. The van der Waals surface area contributed by atoms with Crippen LogP contribution in [0, 0.1) is 0 Å². The van der Waals surface area contributed by atoms with Gasteiger partial charge in [0, 0.05) is 0 Å². The number of nitrogens with one attached hydrogen (secondary N) is 1. The summed E-state index contributed by atoms with van der Waals surface area (Å²) in [5.74, 6) is -0.161. The lowest BCUT2D eigenvalue weighted by Crippen LogP contribution is -2.31. The Morgan fingerprint density at radius 3 is 2.87 bits per heavy atom. The molecule has 0 saturated carbocycles. The van der Waals surface area contributed by atoms with Gasteiger partial charge in [-0.2, -0.15) is 5.10 Å². The van der Waals surface area contributed by atoms with Crippen LogP contribution >= 0.6 is 11.5 Å². The Morgan fingerprint density at radius 1 is 1.35 bits per heavy atom. The second kappa shape index (κ2) is 7.10. The van der Waals surface area contributed by atoms with Gasteiger partial charge in [-0.05, 0) is 23.5 Å². The predicted octanol–water partition coefficient (Wildman–Crippen LogP) is 1.86. The van der Waals surface area contributed by atoms with Crippen LogP contribution in [0.25, 0.3) is 0 Å². The van der Waals surface area contributed by atoms with Crippen LogP contribution in [0.2, 0.25) is 0 Å². The molecule has 0 bridgehead atoms. The Kier molecular flexibility index (Phi) is 4.72. The van der Waals surface area contributed by atoms with Crippen LogP contribution in [-0.2, 0) is 13.0 Å².